The van der Waals surface area contributed by atoms with Crippen LogP contribution in [0.5, 0.6) is 0 Å². The summed E-state index contributed by atoms with van der Waals surface area (Å²) >= 11 is 0. The molecule has 5 aromatic carbocycles. The van der Waals surface area contributed by atoms with Gasteiger partial charge >= 0.3 is 0 Å². The van der Waals surface area contributed by atoms with Gasteiger partial charge in [-0.25, -0.2) is 0 Å². The summed E-state index contributed by atoms with van der Waals surface area (Å²) in [4.78, 5) is 9.18. The van der Waals surface area contributed by atoms with Crippen LogP contribution in [0, 0.1) is 19.1 Å². The van der Waals surface area contributed by atoms with Crippen LogP contribution in [0.25, 0.3) is 72.3 Å². The third kappa shape index (κ3) is 5.16. The molecule has 0 saturated heterocycles. The summed E-state index contributed by atoms with van der Waals surface area (Å²) in [7, 11) is 0. The number of fused-ring (bicyclic) bond motifs is 6. The van der Waals surface area contributed by atoms with E-state index in [4.69, 9.17) is 9.40 Å². The summed E-state index contributed by atoms with van der Waals surface area (Å²) in [5.74, 6) is 0.728. The molecule has 223 valence electrons. The second kappa shape index (κ2) is 12.5. The number of furan rings is 1. The van der Waals surface area contributed by atoms with Gasteiger partial charge in [-0.05, 0) is 36.0 Å². The monoisotopic (exact) mass is 772 g/mol. The van der Waals surface area contributed by atoms with Gasteiger partial charge in [0.25, 0.3) is 0 Å². The van der Waals surface area contributed by atoms with Gasteiger partial charge in [0, 0.05) is 42.8 Å². The van der Waals surface area contributed by atoms with Crippen molar-refractivity contribution >= 4 is 44.0 Å². The number of aryl methyl sites for hydroxylation is 1. The summed E-state index contributed by atoms with van der Waals surface area (Å²) in [6.45, 7) is 2.09. The number of rotatable bonds is 3. The maximum Gasteiger partial charge on any atom is 0.191 e. The second-order valence-corrected chi connectivity index (χ2v) is 10.6. The largest absolute Gasteiger partial charge is 0.501 e. The quantitative estimate of drug-likeness (QED) is 0.168. The van der Waals surface area contributed by atoms with Gasteiger partial charge in [0.05, 0.1) is 22.4 Å². The molecule has 9 aromatic rings. The molecular weight excluding hydrogens is 747 g/mol. The molecule has 7 heteroatoms. The fourth-order valence-electron chi connectivity index (χ4n) is 5.75. The molecule has 0 N–H and O–H groups in total. The van der Waals surface area contributed by atoms with E-state index in [1.54, 1.807) is 6.20 Å². The van der Waals surface area contributed by atoms with E-state index >= 15 is 0 Å². The number of aromatic nitrogens is 5. The zero-order valence-corrected chi connectivity index (χ0v) is 27.1. The zero-order valence-electron chi connectivity index (χ0n) is 24.7. The Morgan fingerprint density at radius 3 is 2.28 bits per heavy atom. The SMILES string of the molecule is Cc1c[c-]c(-c2nc3nnc4ccccc4c3n2-c2ccccc2)c2oc3ccccc3c12.[Ir].[c-]1ccccc1-c1ccccn1. The van der Waals surface area contributed by atoms with Gasteiger partial charge in [-0.3, -0.25) is 4.98 Å². The fraction of sp³-hybridized carbons (Fsp3) is 0.0256. The first kappa shape index (κ1) is 29.2. The average Bonchev–Trinajstić information content (AvgIpc) is 3.70. The number of para-hydroxylation sites is 2. The fourth-order valence-corrected chi connectivity index (χ4v) is 5.75. The van der Waals surface area contributed by atoms with Gasteiger partial charge in [-0.2, -0.15) is 0 Å². The minimum absolute atomic E-state index is 0. The Balaban J connectivity index is 0.000000220. The number of hydrogen-bond acceptors (Lipinski definition) is 5. The van der Waals surface area contributed by atoms with Crippen molar-refractivity contribution in [1.29, 1.82) is 0 Å². The standard InChI is InChI=1S/C28H17N4O.C11H8N.Ir/c1-17-15-16-21(26-24(17)20-12-6-8-14-23(20)33-26)28-29-27-25(32(28)18-9-3-2-4-10-18)19-11-5-7-13-22(19)30-31-27;1-2-6-10(7-3-1)11-8-4-5-9-12-11;/h2-15H,1H3;1-6,8-9H;/q2*-1;. The molecule has 0 aliphatic rings. The van der Waals surface area contributed by atoms with Crippen LogP contribution in [0.15, 0.2) is 138 Å². The minimum Gasteiger partial charge on any atom is -0.501 e. The summed E-state index contributed by atoms with van der Waals surface area (Å²) < 4.78 is 8.51. The summed E-state index contributed by atoms with van der Waals surface area (Å²) in [5.41, 5.74) is 8.89. The van der Waals surface area contributed by atoms with Crippen LogP contribution >= 0.6 is 0 Å². The van der Waals surface area contributed by atoms with Crippen molar-refractivity contribution in [3.8, 4) is 28.3 Å². The van der Waals surface area contributed by atoms with Crippen LogP contribution < -0.4 is 0 Å². The van der Waals surface area contributed by atoms with Crippen molar-refractivity contribution in [2.75, 3.05) is 0 Å². The third-order valence-electron chi connectivity index (χ3n) is 7.81. The van der Waals surface area contributed by atoms with Crippen LogP contribution in [0.4, 0.5) is 0 Å². The molecule has 0 aliphatic heterocycles. The summed E-state index contributed by atoms with van der Waals surface area (Å²) in [5, 5.41) is 12.0. The predicted molar refractivity (Wildman–Crippen MR) is 179 cm³/mol. The molecule has 0 fully saturated rings. The Kier molecular flexibility index (Phi) is 7.93. The topological polar surface area (TPSA) is 69.6 Å². The van der Waals surface area contributed by atoms with E-state index in [0.717, 1.165) is 72.3 Å². The van der Waals surface area contributed by atoms with Crippen molar-refractivity contribution < 1.29 is 24.5 Å². The maximum absolute atomic E-state index is 6.37. The first-order chi connectivity index (χ1) is 22.3. The van der Waals surface area contributed by atoms with Crippen molar-refractivity contribution in [3.05, 3.63) is 151 Å². The molecule has 4 heterocycles. The number of pyridine rings is 1. The molecule has 0 atom stereocenters. The summed E-state index contributed by atoms with van der Waals surface area (Å²) in [6, 6.07) is 48.6. The second-order valence-electron chi connectivity index (χ2n) is 10.6. The Morgan fingerprint density at radius 1 is 0.717 bits per heavy atom. The van der Waals surface area contributed by atoms with E-state index in [1.807, 2.05) is 103 Å². The number of benzene rings is 5. The van der Waals surface area contributed by atoms with Crippen LogP contribution in [-0.2, 0) is 20.1 Å². The molecule has 0 spiro atoms. The molecule has 4 aromatic heterocycles. The van der Waals surface area contributed by atoms with Gasteiger partial charge in [0.15, 0.2) is 5.65 Å². The van der Waals surface area contributed by atoms with E-state index in [1.165, 1.54) is 0 Å². The van der Waals surface area contributed by atoms with E-state index < -0.39 is 0 Å². The van der Waals surface area contributed by atoms with E-state index in [-0.39, 0.29) is 20.1 Å². The molecule has 46 heavy (non-hydrogen) atoms. The molecule has 0 amide bonds. The van der Waals surface area contributed by atoms with Gasteiger partial charge in [-0.15, -0.1) is 63.8 Å². The zero-order chi connectivity index (χ0) is 30.2. The Morgan fingerprint density at radius 2 is 1.48 bits per heavy atom. The Bertz CT molecular complexity index is 2400. The van der Waals surface area contributed by atoms with Gasteiger partial charge in [-0.1, -0.05) is 84.6 Å². The minimum atomic E-state index is 0. The van der Waals surface area contributed by atoms with Crippen molar-refractivity contribution in [1.82, 2.24) is 24.7 Å². The first-order valence-corrected chi connectivity index (χ1v) is 14.7. The molecule has 0 unspecified atom stereocenters. The molecule has 0 bridgehead atoms. The molecular formula is C39H25IrN5O-2. The predicted octanol–water partition coefficient (Wildman–Crippen LogP) is 9.19. The van der Waals surface area contributed by atoms with Crippen LogP contribution in [0.2, 0.25) is 0 Å². The van der Waals surface area contributed by atoms with E-state index in [2.05, 4.69) is 63.1 Å². The summed E-state index contributed by atoms with van der Waals surface area (Å²) in [6.07, 6.45) is 1.79. The van der Waals surface area contributed by atoms with Gasteiger partial charge in [0.2, 0.25) is 0 Å². The van der Waals surface area contributed by atoms with Crippen LogP contribution in [0.1, 0.15) is 5.56 Å². The number of imidazole rings is 1. The van der Waals surface area contributed by atoms with Crippen LogP contribution in [0.3, 0.4) is 0 Å². The van der Waals surface area contributed by atoms with Gasteiger partial charge < -0.3 is 14.0 Å². The Labute approximate surface area is 278 Å². The van der Waals surface area contributed by atoms with Crippen molar-refractivity contribution in [3.63, 3.8) is 0 Å². The molecule has 0 saturated carbocycles. The third-order valence-corrected chi connectivity index (χ3v) is 7.81. The molecule has 0 aliphatic carbocycles. The first-order valence-electron chi connectivity index (χ1n) is 14.7. The number of hydrogen-bond donors (Lipinski definition) is 0. The van der Waals surface area contributed by atoms with E-state index in [0.29, 0.717) is 5.65 Å². The van der Waals surface area contributed by atoms with Gasteiger partial charge in [0.1, 0.15) is 5.58 Å². The molecule has 9 rings (SSSR count). The molecule has 1 radical (unpaired) electrons. The number of nitrogens with zero attached hydrogens (tertiary/aromatic N) is 5. The normalized spacial score (nSPS) is 11.0. The smallest absolute Gasteiger partial charge is 0.191 e. The Hall–Kier alpha value is -5.49. The van der Waals surface area contributed by atoms with Crippen molar-refractivity contribution in [2.45, 2.75) is 6.92 Å². The maximum atomic E-state index is 6.37. The van der Waals surface area contributed by atoms with Crippen LogP contribution in [-0.4, -0.2) is 24.7 Å². The van der Waals surface area contributed by atoms with Crippen molar-refractivity contribution in [2.24, 2.45) is 0 Å². The van der Waals surface area contributed by atoms with E-state index in [9.17, 15) is 0 Å². The molecule has 6 nitrogen and oxygen atoms in total. The average molecular weight is 772 g/mol.